The van der Waals surface area contributed by atoms with Crippen molar-refractivity contribution in [2.75, 3.05) is 13.2 Å². The molecule has 4 nitrogen and oxygen atoms in total. The topological polar surface area (TPSA) is 63.6 Å². The molecule has 0 aliphatic carbocycles. The van der Waals surface area contributed by atoms with Gasteiger partial charge in [-0.2, -0.15) is 0 Å². The smallest absolute Gasteiger partial charge is 0.309 e. The molecule has 0 bridgehead atoms. The van der Waals surface area contributed by atoms with Crippen molar-refractivity contribution in [2.45, 2.75) is 25.7 Å². The summed E-state index contributed by atoms with van der Waals surface area (Å²) >= 11 is 0. The van der Waals surface area contributed by atoms with Gasteiger partial charge in [0.15, 0.2) is 0 Å². The quantitative estimate of drug-likeness (QED) is 0.661. The fraction of sp³-hybridized carbons (Fsp3) is 0.778. The molecule has 0 spiro atoms. The van der Waals surface area contributed by atoms with Crippen molar-refractivity contribution in [3.63, 3.8) is 0 Å². The maximum Gasteiger partial charge on any atom is 0.309 e. The average Bonchev–Trinajstić information content (AvgIpc) is 2.16. The highest BCUT2D eigenvalue weighted by molar-refractivity contribution is 5.75. The van der Waals surface area contributed by atoms with E-state index in [0.29, 0.717) is 38.9 Å². The van der Waals surface area contributed by atoms with Gasteiger partial charge in [0.25, 0.3) is 0 Å². The van der Waals surface area contributed by atoms with E-state index in [1.165, 1.54) is 0 Å². The summed E-state index contributed by atoms with van der Waals surface area (Å²) in [4.78, 5) is 21.2. The number of hydrogen-bond donors (Lipinski definition) is 1. The van der Waals surface area contributed by atoms with Crippen LogP contribution in [-0.2, 0) is 14.3 Å². The van der Waals surface area contributed by atoms with Crippen LogP contribution in [0.1, 0.15) is 25.7 Å². The fourth-order valence-electron chi connectivity index (χ4n) is 1.67. The summed E-state index contributed by atoms with van der Waals surface area (Å²) in [6.07, 6.45) is 2.59. The summed E-state index contributed by atoms with van der Waals surface area (Å²) in [7, 11) is 0. The molecule has 1 N–H and O–H groups in total. The van der Waals surface area contributed by atoms with Crippen molar-refractivity contribution in [1.82, 2.24) is 0 Å². The van der Waals surface area contributed by atoms with E-state index >= 15 is 0 Å². The minimum atomic E-state index is -0.794. The molecule has 1 aliphatic heterocycles. The number of carboxylic acid groups (broad SMARTS) is 1. The van der Waals surface area contributed by atoms with Gasteiger partial charge in [-0.05, 0) is 19.3 Å². The van der Waals surface area contributed by atoms with E-state index in [-0.39, 0.29) is 0 Å². The van der Waals surface area contributed by atoms with Crippen molar-refractivity contribution in [1.29, 1.82) is 0 Å². The second kappa shape index (κ2) is 4.37. The Morgan fingerprint density at radius 1 is 1.46 bits per heavy atom. The first-order chi connectivity index (χ1) is 6.21. The van der Waals surface area contributed by atoms with Crippen molar-refractivity contribution in [2.24, 2.45) is 5.41 Å². The van der Waals surface area contributed by atoms with Gasteiger partial charge >= 0.3 is 5.97 Å². The standard InChI is InChI=1S/C9H14O4/c10-5-1-2-9(8(11)12)3-6-13-7-4-9/h5H,1-4,6-7H2,(H,11,12). The van der Waals surface area contributed by atoms with Gasteiger partial charge in [0.2, 0.25) is 0 Å². The normalized spacial score (nSPS) is 20.9. The lowest BCUT2D eigenvalue weighted by molar-refractivity contribution is -0.155. The molecular formula is C9H14O4. The van der Waals surface area contributed by atoms with E-state index in [1.54, 1.807) is 0 Å². The zero-order chi connectivity index (χ0) is 9.73. The minimum Gasteiger partial charge on any atom is -0.481 e. The van der Waals surface area contributed by atoms with E-state index in [4.69, 9.17) is 9.84 Å². The third-order valence-electron chi connectivity index (χ3n) is 2.64. The van der Waals surface area contributed by atoms with Crippen LogP contribution in [0.5, 0.6) is 0 Å². The lowest BCUT2D eigenvalue weighted by atomic mass is 9.76. The molecular weight excluding hydrogens is 172 g/mol. The van der Waals surface area contributed by atoms with Crippen LogP contribution in [-0.4, -0.2) is 30.6 Å². The maximum atomic E-state index is 11.0. The zero-order valence-corrected chi connectivity index (χ0v) is 7.49. The van der Waals surface area contributed by atoms with Crippen LogP contribution >= 0.6 is 0 Å². The highest BCUT2D eigenvalue weighted by Gasteiger charge is 2.39. The Morgan fingerprint density at radius 3 is 2.54 bits per heavy atom. The van der Waals surface area contributed by atoms with Crippen LogP contribution < -0.4 is 0 Å². The van der Waals surface area contributed by atoms with E-state index < -0.39 is 11.4 Å². The highest BCUT2D eigenvalue weighted by atomic mass is 16.5. The third-order valence-corrected chi connectivity index (χ3v) is 2.64. The lowest BCUT2D eigenvalue weighted by Gasteiger charge is -2.32. The molecule has 0 aromatic carbocycles. The van der Waals surface area contributed by atoms with Gasteiger partial charge in [0, 0.05) is 19.6 Å². The second-order valence-corrected chi connectivity index (χ2v) is 3.40. The number of carbonyl (C=O) groups excluding carboxylic acids is 1. The fourth-order valence-corrected chi connectivity index (χ4v) is 1.67. The van der Waals surface area contributed by atoms with Gasteiger partial charge in [-0.3, -0.25) is 4.79 Å². The van der Waals surface area contributed by atoms with Gasteiger partial charge in [-0.1, -0.05) is 0 Å². The molecule has 13 heavy (non-hydrogen) atoms. The highest BCUT2D eigenvalue weighted by Crippen LogP contribution is 2.35. The average molecular weight is 186 g/mol. The van der Waals surface area contributed by atoms with Crippen molar-refractivity contribution in [3.8, 4) is 0 Å². The van der Waals surface area contributed by atoms with Crippen LogP contribution in [0.2, 0.25) is 0 Å². The van der Waals surface area contributed by atoms with Crippen LogP contribution in [0, 0.1) is 5.41 Å². The summed E-state index contributed by atoms with van der Waals surface area (Å²) in [6.45, 7) is 0.982. The molecule has 1 saturated heterocycles. The molecule has 0 radical (unpaired) electrons. The number of carbonyl (C=O) groups is 2. The summed E-state index contributed by atoms with van der Waals surface area (Å²) in [5.41, 5.74) is -0.709. The maximum absolute atomic E-state index is 11.0. The van der Waals surface area contributed by atoms with E-state index in [9.17, 15) is 9.59 Å². The third kappa shape index (κ3) is 2.28. The number of carboxylic acids is 1. The largest absolute Gasteiger partial charge is 0.481 e. The van der Waals surface area contributed by atoms with Crippen LogP contribution in [0.25, 0.3) is 0 Å². The van der Waals surface area contributed by atoms with E-state index in [0.717, 1.165) is 6.29 Å². The molecule has 74 valence electrons. The van der Waals surface area contributed by atoms with Gasteiger partial charge in [0.05, 0.1) is 5.41 Å². The molecule has 1 fully saturated rings. The van der Waals surface area contributed by atoms with Crippen molar-refractivity contribution >= 4 is 12.3 Å². The second-order valence-electron chi connectivity index (χ2n) is 3.40. The molecule has 1 rings (SSSR count). The molecule has 1 aliphatic rings. The van der Waals surface area contributed by atoms with Gasteiger partial charge in [-0.25, -0.2) is 0 Å². The molecule has 0 atom stereocenters. The van der Waals surface area contributed by atoms with Crippen LogP contribution in [0.4, 0.5) is 0 Å². The molecule has 4 heteroatoms. The van der Waals surface area contributed by atoms with E-state index in [1.807, 2.05) is 0 Å². The monoisotopic (exact) mass is 186 g/mol. The predicted octanol–water partition coefficient (Wildman–Crippen LogP) is 0.847. The van der Waals surface area contributed by atoms with Crippen molar-refractivity contribution in [3.05, 3.63) is 0 Å². The molecule has 0 unspecified atom stereocenters. The van der Waals surface area contributed by atoms with Crippen LogP contribution in [0.15, 0.2) is 0 Å². The lowest BCUT2D eigenvalue weighted by Crippen LogP contribution is -2.37. The van der Waals surface area contributed by atoms with Crippen LogP contribution in [0.3, 0.4) is 0 Å². The summed E-state index contributed by atoms with van der Waals surface area (Å²) in [5, 5.41) is 9.04. The first-order valence-corrected chi connectivity index (χ1v) is 4.46. The summed E-state index contributed by atoms with van der Waals surface area (Å²) in [6, 6.07) is 0. The minimum absolute atomic E-state index is 0.326. The molecule has 0 aromatic heterocycles. The zero-order valence-electron chi connectivity index (χ0n) is 7.49. The Bertz CT molecular complexity index is 194. The molecule has 0 saturated carbocycles. The Kier molecular flexibility index (Phi) is 3.42. The van der Waals surface area contributed by atoms with Gasteiger partial charge in [0.1, 0.15) is 6.29 Å². The molecule has 0 aromatic rings. The van der Waals surface area contributed by atoms with Gasteiger partial charge < -0.3 is 14.6 Å². The van der Waals surface area contributed by atoms with Gasteiger partial charge in [-0.15, -0.1) is 0 Å². The number of aldehydes is 1. The van der Waals surface area contributed by atoms with Crippen molar-refractivity contribution < 1.29 is 19.4 Å². The molecule has 1 heterocycles. The predicted molar refractivity (Wildman–Crippen MR) is 45.4 cm³/mol. The number of ether oxygens (including phenoxy) is 1. The number of aliphatic carboxylic acids is 1. The number of rotatable bonds is 4. The Morgan fingerprint density at radius 2 is 2.08 bits per heavy atom. The summed E-state index contributed by atoms with van der Waals surface area (Å²) < 4.78 is 5.10. The summed E-state index contributed by atoms with van der Waals surface area (Å²) in [5.74, 6) is -0.794. The SMILES string of the molecule is O=CCCC1(C(=O)O)CCOCC1. The molecule has 0 amide bonds. The Labute approximate surface area is 76.9 Å². The first kappa shape index (κ1) is 10.2. The first-order valence-electron chi connectivity index (χ1n) is 4.46. The van der Waals surface area contributed by atoms with E-state index in [2.05, 4.69) is 0 Å². The Balaban J connectivity index is 2.61. The Hall–Kier alpha value is -0.900. The number of hydrogen-bond acceptors (Lipinski definition) is 3.